The van der Waals surface area contributed by atoms with E-state index in [0.717, 1.165) is 21.4 Å². The van der Waals surface area contributed by atoms with E-state index < -0.39 is 0 Å². The van der Waals surface area contributed by atoms with Crippen LogP contribution in [0.3, 0.4) is 0 Å². The maximum absolute atomic E-state index is 12.3. The molecule has 0 saturated heterocycles. The second-order valence-electron chi connectivity index (χ2n) is 5.34. The lowest BCUT2D eigenvalue weighted by atomic mass is 10.2. The summed E-state index contributed by atoms with van der Waals surface area (Å²) in [5, 5.41) is 6.07. The van der Waals surface area contributed by atoms with Crippen LogP contribution in [0, 0.1) is 6.92 Å². The van der Waals surface area contributed by atoms with E-state index in [9.17, 15) is 4.79 Å². The van der Waals surface area contributed by atoms with Crippen molar-refractivity contribution in [3.63, 3.8) is 0 Å². The zero-order valence-electron chi connectivity index (χ0n) is 13.1. The number of amides is 1. The van der Waals surface area contributed by atoms with Gasteiger partial charge in [0.25, 0.3) is 5.91 Å². The van der Waals surface area contributed by atoms with Crippen LogP contribution in [0.25, 0.3) is 0 Å². The Bertz CT molecular complexity index is 865. The molecular weight excluding hydrogens is 366 g/mol. The number of carbonyl (C=O) groups is 1. The minimum atomic E-state index is -0.170. The zero-order chi connectivity index (χ0) is 16.9. The number of aromatic nitrogens is 1. The van der Waals surface area contributed by atoms with Crippen LogP contribution in [0.4, 0.5) is 17.2 Å². The van der Waals surface area contributed by atoms with Gasteiger partial charge in [0.1, 0.15) is 5.82 Å². The first-order valence-electron chi connectivity index (χ1n) is 7.47. The fourth-order valence-electron chi connectivity index (χ4n) is 2.18. The van der Waals surface area contributed by atoms with Crippen LogP contribution in [0.2, 0.25) is 0 Å². The number of carbonyl (C=O) groups excluding carboxylic acids is 1. The number of anilines is 3. The largest absolute Gasteiger partial charge is 0.340 e. The maximum Gasteiger partial charge on any atom is 0.255 e. The fourth-order valence-corrected chi connectivity index (χ4v) is 2.56. The van der Waals surface area contributed by atoms with E-state index in [1.807, 2.05) is 55.5 Å². The van der Waals surface area contributed by atoms with Crippen LogP contribution in [0.1, 0.15) is 15.9 Å². The van der Waals surface area contributed by atoms with Gasteiger partial charge < -0.3 is 10.6 Å². The SMILES string of the molecule is Cc1ccc(Nc2cc(C(=O)Nc3ccccc3)ccn2)cc1Br. The van der Waals surface area contributed by atoms with Gasteiger partial charge >= 0.3 is 0 Å². The number of nitrogens with one attached hydrogen (secondary N) is 2. The zero-order valence-corrected chi connectivity index (χ0v) is 14.7. The summed E-state index contributed by atoms with van der Waals surface area (Å²) in [6.07, 6.45) is 1.62. The monoisotopic (exact) mass is 381 g/mol. The number of benzene rings is 2. The third-order valence-electron chi connectivity index (χ3n) is 3.50. The van der Waals surface area contributed by atoms with E-state index in [1.54, 1.807) is 18.3 Å². The Labute approximate surface area is 149 Å². The van der Waals surface area contributed by atoms with Crippen LogP contribution >= 0.6 is 15.9 Å². The normalized spacial score (nSPS) is 10.2. The standard InChI is InChI=1S/C19H16BrN3O/c1-13-7-8-16(12-17(13)20)22-18-11-14(9-10-21-18)19(24)23-15-5-3-2-4-6-15/h2-12H,1H3,(H,21,22)(H,23,24). The van der Waals surface area contributed by atoms with Gasteiger partial charge in [-0.2, -0.15) is 0 Å². The van der Waals surface area contributed by atoms with E-state index >= 15 is 0 Å². The van der Waals surface area contributed by atoms with Crippen LogP contribution in [0.5, 0.6) is 0 Å². The van der Waals surface area contributed by atoms with Crippen molar-refractivity contribution in [1.29, 1.82) is 0 Å². The van der Waals surface area contributed by atoms with Crippen molar-refractivity contribution in [3.8, 4) is 0 Å². The van der Waals surface area contributed by atoms with Crippen LogP contribution in [0.15, 0.2) is 71.3 Å². The Balaban J connectivity index is 1.76. The van der Waals surface area contributed by atoms with Gasteiger partial charge in [0.15, 0.2) is 0 Å². The molecule has 0 aliphatic heterocycles. The van der Waals surface area contributed by atoms with Crippen molar-refractivity contribution in [1.82, 2.24) is 4.98 Å². The van der Waals surface area contributed by atoms with Crippen molar-refractivity contribution >= 4 is 39.0 Å². The predicted molar refractivity (Wildman–Crippen MR) is 101 cm³/mol. The molecule has 0 radical (unpaired) electrons. The molecule has 1 heterocycles. The first kappa shape index (κ1) is 16.2. The smallest absolute Gasteiger partial charge is 0.255 e. The van der Waals surface area contributed by atoms with Gasteiger partial charge in [-0.25, -0.2) is 4.98 Å². The molecule has 0 fully saturated rings. The number of aryl methyl sites for hydroxylation is 1. The van der Waals surface area contributed by atoms with Crippen LogP contribution in [-0.2, 0) is 0 Å². The molecule has 2 aromatic carbocycles. The lowest BCUT2D eigenvalue weighted by Gasteiger charge is -2.09. The van der Waals surface area contributed by atoms with Crippen molar-refractivity contribution in [2.24, 2.45) is 0 Å². The summed E-state index contributed by atoms with van der Waals surface area (Å²) in [5.74, 6) is 0.447. The maximum atomic E-state index is 12.3. The van der Waals surface area contributed by atoms with Gasteiger partial charge in [0.05, 0.1) is 0 Å². The highest BCUT2D eigenvalue weighted by molar-refractivity contribution is 9.10. The summed E-state index contributed by atoms with van der Waals surface area (Å²) >= 11 is 3.51. The van der Waals surface area contributed by atoms with Crippen molar-refractivity contribution in [2.45, 2.75) is 6.92 Å². The Morgan fingerprint density at radius 2 is 1.79 bits per heavy atom. The summed E-state index contributed by atoms with van der Waals surface area (Å²) in [7, 11) is 0. The van der Waals surface area contributed by atoms with E-state index in [2.05, 4.69) is 31.5 Å². The average Bonchev–Trinajstić information content (AvgIpc) is 2.59. The molecule has 4 nitrogen and oxygen atoms in total. The average molecular weight is 382 g/mol. The predicted octanol–water partition coefficient (Wildman–Crippen LogP) is 5.15. The molecule has 0 aliphatic rings. The molecule has 0 atom stereocenters. The lowest BCUT2D eigenvalue weighted by Crippen LogP contribution is -2.12. The number of rotatable bonds is 4. The highest BCUT2D eigenvalue weighted by Crippen LogP contribution is 2.23. The minimum absolute atomic E-state index is 0.170. The summed E-state index contributed by atoms with van der Waals surface area (Å²) in [6, 6.07) is 18.7. The van der Waals surface area contributed by atoms with Crippen LogP contribution in [-0.4, -0.2) is 10.9 Å². The molecule has 3 aromatic rings. The molecule has 1 amide bonds. The molecular formula is C19H16BrN3O. The van der Waals surface area contributed by atoms with Gasteiger partial charge in [0, 0.05) is 27.6 Å². The molecule has 0 aliphatic carbocycles. The number of pyridine rings is 1. The van der Waals surface area contributed by atoms with Crippen LogP contribution < -0.4 is 10.6 Å². The van der Waals surface area contributed by atoms with E-state index in [4.69, 9.17) is 0 Å². The molecule has 24 heavy (non-hydrogen) atoms. The number of para-hydroxylation sites is 1. The number of hydrogen-bond donors (Lipinski definition) is 2. The minimum Gasteiger partial charge on any atom is -0.340 e. The summed E-state index contributed by atoms with van der Waals surface area (Å²) in [4.78, 5) is 16.6. The molecule has 3 rings (SSSR count). The third kappa shape index (κ3) is 4.00. The fraction of sp³-hybridized carbons (Fsp3) is 0.0526. The Hall–Kier alpha value is -2.66. The summed E-state index contributed by atoms with van der Waals surface area (Å²) in [6.45, 7) is 2.03. The topological polar surface area (TPSA) is 54.0 Å². The van der Waals surface area contributed by atoms with Gasteiger partial charge in [-0.1, -0.05) is 40.2 Å². The molecule has 0 unspecified atom stereocenters. The Morgan fingerprint density at radius 3 is 2.54 bits per heavy atom. The van der Waals surface area contributed by atoms with Gasteiger partial charge in [-0.05, 0) is 48.9 Å². The quantitative estimate of drug-likeness (QED) is 0.656. The van der Waals surface area contributed by atoms with Crippen molar-refractivity contribution in [2.75, 3.05) is 10.6 Å². The second-order valence-corrected chi connectivity index (χ2v) is 6.19. The first-order valence-corrected chi connectivity index (χ1v) is 8.27. The molecule has 1 aromatic heterocycles. The highest BCUT2D eigenvalue weighted by Gasteiger charge is 2.08. The van der Waals surface area contributed by atoms with Gasteiger partial charge in [-0.15, -0.1) is 0 Å². The molecule has 0 saturated carbocycles. The Kier molecular flexibility index (Phi) is 4.91. The first-order chi connectivity index (χ1) is 11.6. The highest BCUT2D eigenvalue weighted by atomic mass is 79.9. The summed E-state index contributed by atoms with van der Waals surface area (Å²) < 4.78 is 1.02. The summed E-state index contributed by atoms with van der Waals surface area (Å²) in [5.41, 5.74) is 3.36. The number of halogens is 1. The van der Waals surface area contributed by atoms with E-state index in [-0.39, 0.29) is 5.91 Å². The second kappa shape index (κ2) is 7.27. The molecule has 0 bridgehead atoms. The van der Waals surface area contributed by atoms with E-state index in [0.29, 0.717) is 11.4 Å². The molecule has 120 valence electrons. The Morgan fingerprint density at radius 1 is 1.00 bits per heavy atom. The molecule has 0 spiro atoms. The lowest BCUT2D eigenvalue weighted by molar-refractivity contribution is 0.102. The van der Waals surface area contributed by atoms with Crippen molar-refractivity contribution < 1.29 is 4.79 Å². The molecule has 2 N–H and O–H groups in total. The van der Waals surface area contributed by atoms with E-state index in [1.165, 1.54) is 0 Å². The van der Waals surface area contributed by atoms with Gasteiger partial charge in [-0.3, -0.25) is 4.79 Å². The van der Waals surface area contributed by atoms with Crippen molar-refractivity contribution in [3.05, 3.63) is 82.5 Å². The van der Waals surface area contributed by atoms with Gasteiger partial charge in [0.2, 0.25) is 0 Å². The third-order valence-corrected chi connectivity index (χ3v) is 4.35. The molecule has 5 heteroatoms. The number of hydrogen-bond acceptors (Lipinski definition) is 3. The number of nitrogens with zero attached hydrogens (tertiary/aromatic N) is 1.